The van der Waals surface area contributed by atoms with Crippen molar-refractivity contribution in [2.45, 2.75) is 70.3 Å². The molecule has 4 rings (SSSR count). The second-order valence-corrected chi connectivity index (χ2v) is 9.02. The zero-order valence-electron chi connectivity index (χ0n) is 14.1. The van der Waals surface area contributed by atoms with E-state index in [1.165, 1.54) is 0 Å². The number of rotatable bonds is 1. The van der Waals surface area contributed by atoms with Crippen LogP contribution in [0.4, 0.5) is 0 Å². The summed E-state index contributed by atoms with van der Waals surface area (Å²) < 4.78 is 0. The highest BCUT2D eigenvalue weighted by molar-refractivity contribution is 5.87. The lowest BCUT2D eigenvalue weighted by Gasteiger charge is -2.63. The average Bonchev–Trinajstić information content (AvgIpc) is 2.82. The Balaban J connectivity index is 1.72. The minimum absolute atomic E-state index is 0.0926. The summed E-state index contributed by atoms with van der Waals surface area (Å²) in [6, 6.07) is 0. The van der Waals surface area contributed by atoms with Crippen LogP contribution in [0.25, 0.3) is 0 Å². The van der Waals surface area contributed by atoms with Gasteiger partial charge >= 0.3 is 0 Å². The van der Waals surface area contributed by atoms with Crippen molar-refractivity contribution in [1.29, 1.82) is 0 Å². The van der Waals surface area contributed by atoms with Crippen molar-refractivity contribution >= 4 is 11.6 Å². The molecule has 6 atom stereocenters. The van der Waals surface area contributed by atoms with E-state index >= 15 is 0 Å². The second kappa shape index (κ2) is 4.89. The predicted octanol–water partition coefficient (Wildman–Crippen LogP) is 2.22. The predicted molar refractivity (Wildman–Crippen MR) is 86.6 cm³/mol. The quantitative estimate of drug-likeness (QED) is 0.776. The Bertz CT molecular complexity index is 561. The van der Waals surface area contributed by atoms with E-state index in [-0.39, 0.29) is 23.2 Å². The lowest BCUT2D eigenvalue weighted by molar-refractivity contribution is -0.160. The Labute approximate surface area is 138 Å². The molecular weight excluding hydrogens is 290 g/mol. The summed E-state index contributed by atoms with van der Waals surface area (Å²) in [5, 5.41) is 10.4. The fourth-order valence-corrected chi connectivity index (χ4v) is 7.04. The van der Waals surface area contributed by atoms with Gasteiger partial charge in [0.1, 0.15) is 11.6 Å². The van der Waals surface area contributed by atoms with Gasteiger partial charge in [0.25, 0.3) is 0 Å². The molecular formula is C19H29NO3. The molecule has 0 aromatic heterocycles. The van der Waals surface area contributed by atoms with E-state index in [0.717, 1.165) is 44.9 Å². The number of Topliss-reactive ketones (excluding diaryl/α,β-unsaturated/α-hetero) is 2. The van der Waals surface area contributed by atoms with Gasteiger partial charge in [0, 0.05) is 35.6 Å². The SMILES string of the molecule is C[C@]12CC[C@H]3C(CCC4(N)CC(=O)CC[C@]34CO)C1CCC2=O. The van der Waals surface area contributed by atoms with Crippen LogP contribution >= 0.6 is 0 Å². The van der Waals surface area contributed by atoms with Crippen molar-refractivity contribution in [2.24, 2.45) is 34.3 Å². The first-order valence-corrected chi connectivity index (χ1v) is 9.31. The third-order valence-electron chi connectivity index (χ3n) is 8.42. The van der Waals surface area contributed by atoms with Crippen molar-refractivity contribution in [3.63, 3.8) is 0 Å². The van der Waals surface area contributed by atoms with Crippen LogP contribution < -0.4 is 5.73 Å². The number of fused-ring (bicyclic) bond motifs is 5. The normalized spacial score (nSPS) is 52.7. The summed E-state index contributed by atoms with van der Waals surface area (Å²) in [6.45, 7) is 2.26. The fourth-order valence-electron chi connectivity index (χ4n) is 7.04. The van der Waals surface area contributed by atoms with Crippen LogP contribution in [0.3, 0.4) is 0 Å². The summed E-state index contributed by atoms with van der Waals surface area (Å²) in [4.78, 5) is 24.4. The molecule has 3 N–H and O–H groups in total. The first-order valence-electron chi connectivity index (χ1n) is 9.31. The molecule has 0 aromatic rings. The van der Waals surface area contributed by atoms with E-state index in [9.17, 15) is 14.7 Å². The molecule has 23 heavy (non-hydrogen) atoms. The first kappa shape index (κ1) is 15.8. The maximum absolute atomic E-state index is 12.4. The van der Waals surface area contributed by atoms with Crippen molar-refractivity contribution < 1.29 is 14.7 Å². The highest BCUT2D eigenvalue weighted by Crippen LogP contribution is 2.65. The van der Waals surface area contributed by atoms with Gasteiger partial charge in [0.15, 0.2) is 0 Å². The molecule has 0 bridgehead atoms. The van der Waals surface area contributed by atoms with Gasteiger partial charge in [-0.15, -0.1) is 0 Å². The van der Waals surface area contributed by atoms with Crippen molar-refractivity contribution in [3.05, 3.63) is 0 Å². The molecule has 4 aliphatic rings. The molecule has 0 aromatic carbocycles. The molecule has 128 valence electrons. The maximum atomic E-state index is 12.4. The molecule has 4 aliphatic carbocycles. The molecule has 4 saturated carbocycles. The minimum Gasteiger partial charge on any atom is -0.396 e. The monoisotopic (exact) mass is 319 g/mol. The highest BCUT2D eigenvalue weighted by atomic mass is 16.3. The van der Waals surface area contributed by atoms with Crippen molar-refractivity contribution in [3.8, 4) is 0 Å². The van der Waals surface area contributed by atoms with Crippen molar-refractivity contribution in [1.82, 2.24) is 0 Å². The third kappa shape index (κ3) is 1.85. The number of carbonyl (C=O) groups excluding carboxylic acids is 2. The Morgan fingerprint density at radius 1 is 1.09 bits per heavy atom. The van der Waals surface area contributed by atoms with Crippen LogP contribution in [0.2, 0.25) is 0 Å². The molecule has 0 amide bonds. The van der Waals surface area contributed by atoms with Crippen LogP contribution in [0, 0.1) is 28.6 Å². The molecule has 0 spiro atoms. The summed E-state index contributed by atoms with van der Waals surface area (Å²) in [7, 11) is 0. The Morgan fingerprint density at radius 3 is 2.61 bits per heavy atom. The zero-order chi connectivity index (χ0) is 16.5. The summed E-state index contributed by atoms with van der Waals surface area (Å²) >= 11 is 0. The van der Waals surface area contributed by atoms with Crippen LogP contribution in [0.5, 0.6) is 0 Å². The van der Waals surface area contributed by atoms with Crippen LogP contribution in [-0.4, -0.2) is 28.8 Å². The molecule has 0 aliphatic heterocycles. The van der Waals surface area contributed by atoms with E-state index < -0.39 is 5.54 Å². The van der Waals surface area contributed by atoms with Gasteiger partial charge in [-0.05, 0) is 56.3 Å². The Morgan fingerprint density at radius 2 is 1.87 bits per heavy atom. The number of carbonyl (C=O) groups is 2. The molecule has 4 heteroatoms. The number of aliphatic hydroxyl groups is 1. The molecule has 0 heterocycles. The van der Waals surface area contributed by atoms with E-state index in [1.54, 1.807) is 0 Å². The van der Waals surface area contributed by atoms with Gasteiger partial charge in [0.05, 0.1) is 6.61 Å². The van der Waals surface area contributed by atoms with E-state index in [2.05, 4.69) is 6.92 Å². The smallest absolute Gasteiger partial charge is 0.139 e. The number of ketones is 2. The molecule has 0 radical (unpaired) electrons. The van der Waals surface area contributed by atoms with Gasteiger partial charge in [-0.1, -0.05) is 6.92 Å². The first-order chi connectivity index (χ1) is 10.9. The van der Waals surface area contributed by atoms with Gasteiger partial charge in [0.2, 0.25) is 0 Å². The third-order valence-corrected chi connectivity index (χ3v) is 8.42. The fraction of sp³-hybridized carbons (Fsp3) is 0.895. The van der Waals surface area contributed by atoms with E-state index in [0.29, 0.717) is 36.4 Å². The van der Waals surface area contributed by atoms with Gasteiger partial charge < -0.3 is 10.8 Å². The molecule has 0 saturated heterocycles. The van der Waals surface area contributed by atoms with E-state index in [4.69, 9.17) is 5.73 Å². The van der Waals surface area contributed by atoms with Gasteiger partial charge in [-0.25, -0.2) is 0 Å². The van der Waals surface area contributed by atoms with Gasteiger partial charge in [-0.3, -0.25) is 9.59 Å². The maximum Gasteiger partial charge on any atom is 0.139 e. The highest BCUT2D eigenvalue weighted by Gasteiger charge is 2.65. The topological polar surface area (TPSA) is 80.4 Å². The van der Waals surface area contributed by atoms with Crippen LogP contribution in [0.15, 0.2) is 0 Å². The summed E-state index contributed by atoms with van der Waals surface area (Å²) in [6.07, 6.45) is 7.21. The Hall–Kier alpha value is -0.740. The largest absolute Gasteiger partial charge is 0.396 e. The van der Waals surface area contributed by atoms with Crippen LogP contribution in [0.1, 0.15) is 64.7 Å². The lowest BCUT2D eigenvalue weighted by atomic mass is 9.42. The number of hydrogen-bond donors (Lipinski definition) is 2. The van der Waals surface area contributed by atoms with Crippen molar-refractivity contribution in [2.75, 3.05) is 6.61 Å². The van der Waals surface area contributed by atoms with E-state index in [1.807, 2.05) is 0 Å². The van der Waals surface area contributed by atoms with Gasteiger partial charge in [-0.2, -0.15) is 0 Å². The summed E-state index contributed by atoms with van der Waals surface area (Å²) in [5.41, 5.74) is 5.77. The number of hydrogen-bond acceptors (Lipinski definition) is 4. The summed E-state index contributed by atoms with van der Waals surface area (Å²) in [5.74, 6) is 2.04. The minimum atomic E-state index is -0.533. The molecule has 4 nitrogen and oxygen atoms in total. The molecule has 3 unspecified atom stereocenters. The number of aliphatic hydroxyl groups excluding tert-OH is 1. The van der Waals surface area contributed by atoms with Crippen LogP contribution in [-0.2, 0) is 9.59 Å². The second-order valence-electron chi connectivity index (χ2n) is 9.02. The average molecular weight is 319 g/mol. The lowest BCUT2D eigenvalue weighted by Crippen LogP contribution is -2.69. The zero-order valence-corrected chi connectivity index (χ0v) is 14.1. The standard InChI is InChI=1S/C19H29NO3/c1-17-7-6-15-13(14(17)2-3-16(17)23)5-9-19(20)10-12(22)4-8-18(15,19)11-21/h13-15,21H,2-11,20H2,1H3/t13?,14?,15-,17-,18-,19?/m0/s1. The molecule has 4 fully saturated rings. The number of nitrogens with two attached hydrogens (primary N) is 1. The Kier molecular flexibility index (Phi) is 3.35.